The van der Waals surface area contributed by atoms with Gasteiger partial charge in [-0.25, -0.2) is 4.79 Å². The third kappa shape index (κ3) is 8.06. The van der Waals surface area contributed by atoms with E-state index in [1.54, 1.807) is 32.9 Å². The summed E-state index contributed by atoms with van der Waals surface area (Å²) in [4.78, 5) is 24.2. The molecule has 1 aromatic carbocycles. The first-order chi connectivity index (χ1) is 13.5. The topological polar surface area (TPSA) is 106 Å². The van der Waals surface area contributed by atoms with Crippen LogP contribution in [0, 0.1) is 5.92 Å². The number of aromatic nitrogens is 2. The van der Waals surface area contributed by atoms with Crippen LogP contribution in [-0.4, -0.2) is 33.6 Å². The minimum Gasteiger partial charge on any atom is -0.444 e. The van der Waals surface area contributed by atoms with E-state index in [0.717, 1.165) is 16.2 Å². The molecule has 2 N–H and O–H groups in total. The maximum Gasteiger partial charge on any atom is 0.408 e. The van der Waals surface area contributed by atoms with E-state index >= 15 is 0 Å². The Kier molecular flexibility index (Phi) is 8.09. The maximum atomic E-state index is 12.1. The number of halogens is 1. The average molecular weight is 485 g/mol. The van der Waals surface area contributed by atoms with Crippen LogP contribution in [0.15, 0.2) is 38.4 Å². The van der Waals surface area contributed by atoms with Gasteiger partial charge in [-0.2, -0.15) is 0 Å². The fourth-order valence-electron chi connectivity index (χ4n) is 2.21. The van der Waals surface area contributed by atoms with Crippen LogP contribution in [0.1, 0.15) is 46.6 Å². The van der Waals surface area contributed by atoms with Crippen molar-refractivity contribution < 1.29 is 18.7 Å². The maximum absolute atomic E-state index is 12.1. The number of hydrogen-bond acceptors (Lipinski definition) is 7. The molecule has 1 heterocycles. The summed E-state index contributed by atoms with van der Waals surface area (Å²) in [6.07, 6.45) is -0.558. The fraction of sp³-hybridized carbons (Fsp3) is 0.474. The first-order valence-electron chi connectivity index (χ1n) is 9.04. The Hall–Kier alpha value is -2.07. The van der Waals surface area contributed by atoms with Crippen molar-refractivity contribution in [3.05, 3.63) is 34.6 Å². The van der Waals surface area contributed by atoms with Crippen molar-refractivity contribution in [2.45, 2.75) is 51.5 Å². The summed E-state index contributed by atoms with van der Waals surface area (Å²) in [7, 11) is 0. The van der Waals surface area contributed by atoms with E-state index < -0.39 is 17.7 Å². The highest BCUT2D eigenvalue weighted by molar-refractivity contribution is 9.10. The number of alkyl carbamates (subject to hydrolysis) is 1. The van der Waals surface area contributed by atoms with Gasteiger partial charge in [0.05, 0.1) is 5.75 Å². The molecule has 0 radical (unpaired) electrons. The summed E-state index contributed by atoms with van der Waals surface area (Å²) in [5.41, 5.74) is 0.0929. The third-order valence-electron chi connectivity index (χ3n) is 3.48. The zero-order valence-corrected chi connectivity index (χ0v) is 19.4. The highest BCUT2D eigenvalue weighted by Crippen LogP contribution is 2.25. The summed E-state index contributed by atoms with van der Waals surface area (Å²) >= 11 is 4.47. The van der Waals surface area contributed by atoms with Crippen molar-refractivity contribution >= 4 is 45.4 Å². The van der Waals surface area contributed by atoms with Crippen molar-refractivity contribution in [3.8, 4) is 0 Å². The van der Waals surface area contributed by atoms with E-state index in [4.69, 9.17) is 9.15 Å². The molecule has 0 aliphatic carbocycles. The molecule has 1 aromatic heterocycles. The van der Waals surface area contributed by atoms with Crippen LogP contribution in [0.2, 0.25) is 0 Å². The highest BCUT2D eigenvalue weighted by atomic mass is 79.9. The zero-order valence-electron chi connectivity index (χ0n) is 17.0. The molecule has 0 aliphatic heterocycles. The Labute approximate surface area is 182 Å². The predicted molar refractivity (Wildman–Crippen MR) is 115 cm³/mol. The number of anilines is 1. The number of ether oxygens (including phenoxy) is 1. The van der Waals surface area contributed by atoms with E-state index in [1.165, 1.54) is 0 Å². The minimum atomic E-state index is -0.607. The molecule has 2 amide bonds. The molecule has 1 atom stereocenters. The summed E-state index contributed by atoms with van der Waals surface area (Å²) in [6.45, 7) is 9.21. The van der Waals surface area contributed by atoms with E-state index in [9.17, 15) is 9.59 Å². The molecular formula is C19H25BrN4O4S. The Bertz CT molecular complexity index is 833. The van der Waals surface area contributed by atoms with Gasteiger partial charge in [-0.3, -0.25) is 4.79 Å². The standard InChI is InChI=1S/C19H25BrN4O4S/c1-11(2)15(22-17(26)28-19(3,4)5)16-23-24-18(27-16)29-10-14(25)21-13-8-6-12(20)7-9-13/h6-9,11,15H,10H2,1-5H3,(H,21,25)(H,22,26)/t15-/m0/s1. The van der Waals surface area contributed by atoms with Crippen LogP contribution in [0.25, 0.3) is 0 Å². The number of nitrogens with zero attached hydrogens (tertiary/aromatic N) is 2. The van der Waals surface area contributed by atoms with Crippen molar-refractivity contribution in [2.24, 2.45) is 5.92 Å². The second-order valence-electron chi connectivity index (χ2n) is 7.62. The van der Waals surface area contributed by atoms with Gasteiger partial charge in [0.15, 0.2) is 0 Å². The van der Waals surface area contributed by atoms with Gasteiger partial charge in [-0.15, -0.1) is 10.2 Å². The van der Waals surface area contributed by atoms with Crippen LogP contribution in [-0.2, 0) is 9.53 Å². The lowest BCUT2D eigenvalue weighted by atomic mass is 10.1. The first kappa shape index (κ1) is 23.2. The Morgan fingerprint density at radius 2 is 1.86 bits per heavy atom. The molecule has 2 aromatic rings. The first-order valence-corrected chi connectivity index (χ1v) is 10.8. The summed E-state index contributed by atoms with van der Waals surface area (Å²) in [5, 5.41) is 13.8. The molecule has 0 aliphatic rings. The van der Waals surface area contributed by atoms with Gasteiger partial charge in [-0.1, -0.05) is 41.5 Å². The van der Waals surface area contributed by atoms with E-state index in [2.05, 4.69) is 36.8 Å². The normalized spacial score (nSPS) is 12.5. The average Bonchev–Trinajstić information content (AvgIpc) is 3.07. The molecule has 0 bridgehead atoms. The molecule has 0 fully saturated rings. The molecule has 0 saturated carbocycles. The number of carbonyl (C=O) groups is 2. The minimum absolute atomic E-state index is 0.00141. The number of carbonyl (C=O) groups excluding carboxylic acids is 2. The smallest absolute Gasteiger partial charge is 0.408 e. The third-order valence-corrected chi connectivity index (χ3v) is 4.83. The van der Waals surface area contributed by atoms with Crippen molar-refractivity contribution in [3.63, 3.8) is 0 Å². The molecule has 0 unspecified atom stereocenters. The summed E-state index contributed by atoms with van der Waals surface area (Å²) < 4.78 is 11.9. The summed E-state index contributed by atoms with van der Waals surface area (Å²) in [6, 6.07) is 6.79. The van der Waals surface area contributed by atoms with E-state index in [0.29, 0.717) is 5.69 Å². The molecule has 2 rings (SSSR count). The predicted octanol–water partition coefficient (Wildman–Crippen LogP) is 4.78. The lowest BCUT2D eigenvalue weighted by Crippen LogP contribution is -2.37. The lowest BCUT2D eigenvalue weighted by molar-refractivity contribution is -0.113. The molecule has 29 heavy (non-hydrogen) atoms. The second kappa shape index (κ2) is 10.1. The van der Waals surface area contributed by atoms with Gasteiger partial charge in [0, 0.05) is 10.2 Å². The molecule has 158 valence electrons. The van der Waals surface area contributed by atoms with Crippen LogP contribution in [0.5, 0.6) is 0 Å². The zero-order chi connectivity index (χ0) is 21.6. The van der Waals surface area contributed by atoms with Gasteiger partial charge in [0.1, 0.15) is 11.6 Å². The van der Waals surface area contributed by atoms with Gasteiger partial charge >= 0.3 is 6.09 Å². The largest absolute Gasteiger partial charge is 0.444 e. The molecule has 10 heteroatoms. The van der Waals surface area contributed by atoms with Crippen molar-refractivity contribution in [1.29, 1.82) is 0 Å². The molecule has 8 nitrogen and oxygen atoms in total. The number of nitrogens with one attached hydrogen (secondary N) is 2. The van der Waals surface area contributed by atoms with E-state index in [1.807, 2.05) is 26.0 Å². The molecule has 0 saturated heterocycles. The van der Waals surface area contributed by atoms with Crippen LogP contribution < -0.4 is 10.6 Å². The van der Waals surface area contributed by atoms with E-state index in [-0.39, 0.29) is 28.7 Å². The number of amides is 2. The quantitative estimate of drug-likeness (QED) is 0.544. The highest BCUT2D eigenvalue weighted by Gasteiger charge is 2.27. The van der Waals surface area contributed by atoms with Crippen molar-refractivity contribution in [1.82, 2.24) is 15.5 Å². The Balaban J connectivity index is 1.92. The fourth-order valence-corrected chi connectivity index (χ4v) is 3.04. The molecule has 0 spiro atoms. The Morgan fingerprint density at radius 3 is 2.45 bits per heavy atom. The SMILES string of the molecule is CC(C)[C@H](NC(=O)OC(C)(C)C)c1nnc(SCC(=O)Nc2ccc(Br)cc2)o1. The number of hydrogen-bond donors (Lipinski definition) is 2. The number of rotatable bonds is 7. The molecular weight excluding hydrogens is 460 g/mol. The Morgan fingerprint density at radius 1 is 1.21 bits per heavy atom. The van der Waals surface area contributed by atoms with Crippen molar-refractivity contribution in [2.75, 3.05) is 11.1 Å². The van der Waals surface area contributed by atoms with Crippen LogP contribution in [0.4, 0.5) is 10.5 Å². The van der Waals surface area contributed by atoms with Gasteiger partial charge in [0.2, 0.25) is 11.8 Å². The number of thioether (sulfide) groups is 1. The van der Waals surface area contributed by atoms with Crippen LogP contribution >= 0.6 is 27.7 Å². The van der Waals surface area contributed by atoms with Gasteiger partial charge in [-0.05, 0) is 51.0 Å². The second-order valence-corrected chi connectivity index (χ2v) is 9.46. The van der Waals surface area contributed by atoms with Gasteiger partial charge < -0.3 is 19.8 Å². The monoisotopic (exact) mass is 484 g/mol. The lowest BCUT2D eigenvalue weighted by Gasteiger charge is -2.23. The van der Waals surface area contributed by atoms with Gasteiger partial charge in [0.25, 0.3) is 5.22 Å². The summed E-state index contributed by atoms with van der Waals surface area (Å²) in [5.74, 6) is 0.191. The van der Waals surface area contributed by atoms with Crippen LogP contribution in [0.3, 0.4) is 0 Å². The number of benzene rings is 1.